The van der Waals surface area contributed by atoms with Gasteiger partial charge in [0.1, 0.15) is 4.88 Å². The molecule has 3 N–H and O–H groups in total. The van der Waals surface area contributed by atoms with E-state index in [-0.39, 0.29) is 5.91 Å². The lowest BCUT2D eigenvalue weighted by Crippen LogP contribution is -2.44. The Morgan fingerprint density at radius 2 is 2.05 bits per heavy atom. The summed E-state index contributed by atoms with van der Waals surface area (Å²) < 4.78 is 0. The van der Waals surface area contributed by atoms with Gasteiger partial charge in [-0.25, -0.2) is 10.8 Å². The summed E-state index contributed by atoms with van der Waals surface area (Å²) in [5, 5.41) is 0.966. The number of piperazine rings is 1. The molecule has 2 fully saturated rings. The fourth-order valence-electron chi connectivity index (χ4n) is 2.31. The van der Waals surface area contributed by atoms with Crippen LogP contribution in [0.4, 0.5) is 5.13 Å². The minimum atomic E-state index is -0.209. The summed E-state index contributed by atoms with van der Waals surface area (Å²) in [5.74, 6) is 5.51. The summed E-state index contributed by atoms with van der Waals surface area (Å²) in [6.07, 6.45) is 2.27. The topological polar surface area (TPSA) is 74.5 Å². The first kappa shape index (κ1) is 12.8. The highest BCUT2D eigenvalue weighted by Crippen LogP contribution is 2.44. The van der Waals surface area contributed by atoms with Gasteiger partial charge in [0.2, 0.25) is 0 Å². The summed E-state index contributed by atoms with van der Waals surface area (Å²) in [6.45, 7) is 4.02. The summed E-state index contributed by atoms with van der Waals surface area (Å²) in [7, 11) is 2.13. The number of rotatable bonds is 3. The Morgan fingerprint density at radius 3 is 2.63 bits per heavy atom. The molecular formula is C12H19N5OS. The number of anilines is 1. The van der Waals surface area contributed by atoms with Crippen molar-refractivity contribution in [3.63, 3.8) is 0 Å². The molecule has 6 nitrogen and oxygen atoms in total. The van der Waals surface area contributed by atoms with Gasteiger partial charge in [0.25, 0.3) is 5.91 Å². The zero-order valence-electron chi connectivity index (χ0n) is 11.1. The van der Waals surface area contributed by atoms with Gasteiger partial charge in [0, 0.05) is 32.1 Å². The maximum absolute atomic E-state index is 11.8. The van der Waals surface area contributed by atoms with Crippen molar-refractivity contribution in [3.05, 3.63) is 10.6 Å². The number of carbonyl (C=O) groups excluding carboxylic acids is 1. The molecule has 0 bridgehead atoms. The van der Waals surface area contributed by atoms with Crippen LogP contribution in [0.3, 0.4) is 0 Å². The van der Waals surface area contributed by atoms with Crippen LogP contribution in [-0.4, -0.2) is 49.0 Å². The number of hydrogen-bond donors (Lipinski definition) is 2. The van der Waals surface area contributed by atoms with E-state index >= 15 is 0 Å². The Balaban J connectivity index is 1.84. The van der Waals surface area contributed by atoms with E-state index in [1.807, 2.05) is 0 Å². The van der Waals surface area contributed by atoms with Gasteiger partial charge in [-0.2, -0.15) is 0 Å². The fraction of sp³-hybridized carbons (Fsp3) is 0.667. The summed E-state index contributed by atoms with van der Waals surface area (Å²) in [5.41, 5.74) is 3.18. The summed E-state index contributed by atoms with van der Waals surface area (Å²) >= 11 is 1.47. The van der Waals surface area contributed by atoms with Gasteiger partial charge in [-0.3, -0.25) is 10.2 Å². The van der Waals surface area contributed by atoms with Crippen LogP contribution in [0.1, 0.15) is 34.1 Å². The van der Waals surface area contributed by atoms with Gasteiger partial charge >= 0.3 is 0 Å². The molecule has 1 aliphatic heterocycles. The second kappa shape index (κ2) is 5.07. The van der Waals surface area contributed by atoms with Crippen LogP contribution in [-0.2, 0) is 0 Å². The van der Waals surface area contributed by atoms with E-state index in [0.717, 1.165) is 49.8 Å². The predicted molar refractivity (Wildman–Crippen MR) is 75.5 cm³/mol. The number of thiazole rings is 1. The maximum Gasteiger partial charge on any atom is 0.277 e. The van der Waals surface area contributed by atoms with E-state index < -0.39 is 0 Å². The second-order valence-corrected chi connectivity index (χ2v) is 6.23. The van der Waals surface area contributed by atoms with Crippen molar-refractivity contribution < 1.29 is 4.79 Å². The van der Waals surface area contributed by atoms with E-state index in [1.165, 1.54) is 11.3 Å². The zero-order chi connectivity index (χ0) is 13.4. The average molecular weight is 281 g/mol. The van der Waals surface area contributed by atoms with E-state index in [9.17, 15) is 4.79 Å². The van der Waals surface area contributed by atoms with E-state index in [2.05, 4.69) is 22.3 Å². The van der Waals surface area contributed by atoms with Crippen LogP contribution < -0.4 is 16.2 Å². The molecule has 1 aromatic heterocycles. The number of nitrogens with zero attached hydrogens (tertiary/aromatic N) is 3. The molecule has 1 saturated carbocycles. The van der Waals surface area contributed by atoms with E-state index in [4.69, 9.17) is 10.8 Å². The number of nitrogens with two attached hydrogens (primary N) is 1. The first-order valence-electron chi connectivity index (χ1n) is 6.64. The number of nitrogens with one attached hydrogen (secondary N) is 1. The van der Waals surface area contributed by atoms with Crippen molar-refractivity contribution in [3.8, 4) is 0 Å². The molecule has 0 radical (unpaired) electrons. The van der Waals surface area contributed by atoms with Crippen molar-refractivity contribution in [2.45, 2.75) is 18.8 Å². The highest BCUT2D eigenvalue weighted by Gasteiger charge is 2.33. The largest absolute Gasteiger partial charge is 0.346 e. The summed E-state index contributed by atoms with van der Waals surface area (Å²) in [6, 6.07) is 0. The number of nitrogen functional groups attached to an aromatic ring is 1. The number of carbonyl (C=O) groups is 1. The second-order valence-electron chi connectivity index (χ2n) is 5.25. The molecule has 2 aliphatic rings. The Morgan fingerprint density at radius 1 is 1.37 bits per heavy atom. The third-order valence-electron chi connectivity index (χ3n) is 3.72. The van der Waals surface area contributed by atoms with Gasteiger partial charge in [-0.1, -0.05) is 11.3 Å². The van der Waals surface area contributed by atoms with E-state index in [0.29, 0.717) is 10.8 Å². The first-order valence-corrected chi connectivity index (χ1v) is 7.46. The normalized spacial score (nSPS) is 20.6. The van der Waals surface area contributed by atoms with Crippen LogP contribution in [0.15, 0.2) is 0 Å². The Kier molecular flexibility index (Phi) is 3.42. The lowest BCUT2D eigenvalue weighted by atomic mass is 10.2. The molecule has 1 saturated heterocycles. The smallest absolute Gasteiger partial charge is 0.277 e. The molecular weight excluding hydrogens is 262 g/mol. The SMILES string of the molecule is CN1CCN(c2nc(C3CC3)c(C(=O)NN)s2)CC1. The molecule has 1 amide bonds. The third-order valence-corrected chi connectivity index (χ3v) is 4.85. The van der Waals surface area contributed by atoms with Gasteiger partial charge in [0.15, 0.2) is 5.13 Å². The highest BCUT2D eigenvalue weighted by molar-refractivity contribution is 7.17. The summed E-state index contributed by atoms with van der Waals surface area (Å²) in [4.78, 5) is 21.8. The van der Waals surface area contributed by atoms with E-state index in [1.54, 1.807) is 0 Å². The Hall–Kier alpha value is -1.18. The van der Waals surface area contributed by atoms with Gasteiger partial charge in [0.05, 0.1) is 5.69 Å². The molecule has 0 aromatic carbocycles. The minimum Gasteiger partial charge on any atom is -0.346 e. The van der Waals surface area contributed by atoms with Crippen molar-refractivity contribution in [1.29, 1.82) is 0 Å². The molecule has 0 spiro atoms. The molecule has 7 heteroatoms. The first-order chi connectivity index (χ1) is 9.19. The van der Waals surface area contributed by atoms with Crippen molar-refractivity contribution in [2.24, 2.45) is 5.84 Å². The fourth-order valence-corrected chi connectivity index (χ4v) is 3.42. The lowest BCUT2D eigenvalue weighted by Gasteiger charge is -2.32. The van der Waals surface area contributed by atoms with Gasteiger partial charge in [-0.15, -0.1) is 0 Å². The van der Waals surface area contributed by atoms with Gasteiger partial charge < -0.3 is 9.80 Å². The van der Waals surface area contributed by atoms with Crippen molar-refractivity contribution in [1.82, 2.24) is 15.3 Å². The molecule has 2 heterocycles. The van der Waals surface area contributed by atoms with Gasteiger partial charge in [-0.05, 0) is 19.9 Å². The zero-order valence-corrected chi connectivity index (χ0v) is 11.9. The number of hydrazine groups is 1. The predicted octanol–water partition coefficient (Wildman–Crippen LogP) is 0.376. The average Bonchev–Trinajstić information content (AvgIpc) is 3.18. The molecule has 1 aliphatic carbocycles. The molecule has 3 rings (SSSR count). The maximum atomic E-state index is 11.8. The van der Waals surface area contributed by atoms with Crippen LogP contribution in [0, 0.1) is 0 Å². The van der Waals surface area contributed by atoms with Crippen molar-refractivity contribution in [2.75, 3.05) is 38.1 Å². The number of likely N-dealkylation sites (N-methyl/N-ethyl adjacent to an activating group) is 1. The number of amides is 1. The van der Waals surface area contributed by atoms with Crippen molar-refractivity contribution >= 4 is 22.4 Å². The molecule has 104 valence electrons. The Bertz CT molecular complexity index is 476. The Labute approximate surface area is 116 Å². The monoisotopic (exact) mass is 281 g/mol. The molecule has 0 unspecified atom stereocenters. The van der Waals surface area contributed by atoms with Crippen LogP contribution >= 0.6 is 11.3 Å². The number of aromatic nitrogens is 1. The number of hydrogen-bond acceptors (Lipinski definition) is 6. The lowest BCUT2D eigenvalue weighted by molar-refractivity contribution is 0.0956. The highest BCUT2D eigenvalue weighted by atomic mass is 32.1. The van der Waals surface area contributed by atoms with Crippen LogP contribution in [0.5, 0.6) is 0 Å². The molecule has 0 atom stereocenters. The standard InChI is InChI=1S/C12H19N5OS/c1-16-4-6-17(7-5-16)12-14-9(8-2-3-8)10(19-12)11(18)15-13/h8H,2-7,13H2,1H3,(H,15,18). The third kappa shape index (κ3) is 2.58. The molecule has 19 heavy (non-hydrogen) atoms. The quantitative estimate of drug-likeness (QED) is 0.476. The molecule has 1 aromatic rings. The van der Waals surface area contributed by atoms with Crippen LogP contribution in [0.25, 0.3) is 0 Å². The van der Waals surface area contributed by atoms with Crippen LogP contribution in [0.2, 0.25) is 0 Å². The minimum absolute atomic E-state index is 0.209.